The van der Waals surface area contributed by atoms with Gasteiger partial charge in [-0.15, -0.1) is 0 Å². The second-order valence-electron chi connectivity index (χ2n) is 32.4. The van der Waals surface area contributed by atoms with Crippen LogP contribution in [-0.2, 0) is 0 Å². The lowest BCUT2D eigenvalue weighted by molar-refractivity contribution is 0.669. The molecule has 0 saturated heterocycles. The van der Waals surface area contributed by atoms with Crippen molar-refractivity contribution in [1.29, 1.82) is 0 Å². The van der Waals surface area contributed by atoms with Gasteiger partial charge in [0.1, 0.15) is 33.5 Å². The van der Waals surface area contributed by atoms with E-state index < -0.39 is 0 Å². The summed E-state index contributed by atoms with van der Waals surface area (Å²) in [6, 6.07) is 132. The van der Waals surface area contributed by atoms with Gasteiger partial charge >= 0.3 is 0 Å². The van der Waals surface area contributed by atoms with Crippen LogP contribution in [0.5, 0.6) is 0 Å². The SMILES string of the molecule is c1ccc(-c2cc(-c3cnc(-n4c5ccccc5c5c6oc7ccccc7c6ccc54)cn3)cc(-c3ccccc3)n2)cc1.c1ccc(-c2cc(-c3cnc(-n4c5ccccc5c5ccc6oc7ccccc7c6c54)nc3)cc(-c3ccccc3)n2)cc1.c1ccc(-c2nc(-c3ccccc3)nc(-c3cnc(-n4c5ccccc5c5c6c(ccc54)oc4ccccc46)nc3)n2)cc1. The third kappa shape index (κ3) is 13.3. The summed E-state index contributed by atoms with van der Waals surface area (Å²) < 4.78 is 25.4. The largest absolute Gasteiger partial charge is 0.456 e. The van der Waals surface area contributed by atoms with Crippen molar-refractivity contribution in [2.24, 2.45) is 0 Å². The van der Waals surface area contributed by atoms with Crippen LogP contribution in [0.1, 0.15) is 0 Å². The Morgan fingerprint density at radius 3 is 1.08 bits per heavy atom. The van der Waals surface area contributed by atoms with Crippen molar-refractivity contribution in [2.75, 3.05) is 0 Å². The Morgan fingerprint density at radius 2 is 0.561 bits per heavy atom. The first kappa shape index (κ1) is 76.1. The first-order valence-corrected chi connectivity index (χ1v) is 43.6. The lowest BCUT2D eigenvalue weighted by atomic mass is 10.0. The number of furan rings is 3. The molecule has 27 rings (SSSR count). The molecule has 0 saturated carbocycles. The Labute approximate surface area is 752 Å². The Morgan fingerprint density at radius 1 is 0.182 bits per heavy atom. The Bertz CT molecular complexity index is 8940. The van der Waals surface area contributed by atoms with Crippen LogP contribution in [0, 0.1) is 0 Å². The summed E-state index contributed by atoms with van der Waals surface area (Å²) in [6.45, 7) is 0. The van der Waals surface area contributed by atoms with E-state index in [1.54, 1.807) is 12.4 Å². The van der Waals surface area contributed by atoms with Crippen molar-refractivity contribution in [3.63, 3.8) is 0 Å². The summed E-state index contributed by atoms with van der Waals surface area (Å²) in [5, 5.41) is 13.3. The van der Waals surface area contributed by atoms with E-state index in [1.807, 2.05) is 213 Å². The van der Waals surface area contributed by atoms with Gasteiger partial charge in [-0.2, -0.15) is 0 Å². The summed E-state index contributed by atoms with van der Waals surface area (Å²) >= 11 is 0. The van der Waals surface area contributed by atoms with E-state index in [2.05, 4.69) is 214 Å². The van der Waals surface area contributed by atoms with Crippen molar-refractivity contribution >= 4 is 131 Å². The van der Waals surface area contributed by atoms with Crippen LogP contribution >= 0.6 is 0 Å². The number of hydrogen-bond acceptors (Lipinski definition) is 14. The minimum Gasteiger partial charge on any atom is -0.456 e. The average molecular weight is 1700 g/mol. The third-order valence-electron chi connectivity index (χ3n) is 24.6. The molecule has 12 aromatic heterocycles. The molecule has 0 fully saturated rings. The number of nitrogens with zero attached hydrogens (tertiary/aromatic N) is 14. The molecule has 17 nitrogen and oxygen atoms in total. The van der Waals surface area contributed by atoms with E-state index in [9.17, 15) is 0 Å². The maximum Gasteiger partial charge on any atom is 0.234 e. The lowest BCUT2D eigenvalue weighted by Gasteiger charge is -2.11. The molecule has 0 N–H and O–H groups in total. The van der Waals surface area contributed by atoms with Gasteiger partial charge in [-0.1, -0.05) is 291 Å². The average Bonchev–Trinajstić information content (AvgIpc) is 1.57. The summed E-state index contributed by atoms with van der Waals surface area (Å²) in [6.07, 6.45) is 11.1. The number of aromatic nitrogens is 14. The number of benzene rings is 15. The minimum atomic E-state index is 0.512. The quantitative estimate of drug-likeness (QED) is 0.112. The Kier molecular flexibility index (Phi) is 18.4. The second-order valence-corrected chi connectivity index (χ2v) is 32.4. The fourth-order valence-corrected chi connectivity index (χ4v) is 18.5. The van der Waals surface area contributed by atoms with Crippen LogP contribution in [0.3, 0.4) is 0 Å². The van der Waals surface area contributed by atoms with Gasteiger partial charge in [0, 0.05) is 123 Å². The van der Waals surface area contributed by atoms with Crippen molar-refractivity contribution in [1.82, 2.24) is 68.5 Å². The zero-order valence-corrected chi connectivity index (χ0v) is 70.4. The van der Waals surface area contributed by atoms with E-state index in [4.69, 9.17) is 68.1 Å². The van der Waals surface area contributed by atoms with Crippen LogP contribution in [0.15, 0.2) is 439 Å². The summed E-state index contributed by atoms with van der Waals surface area (Å²) in [7, 11) is 0. The molecule has 0 aliphatic carbocycles. The highest BCUT2D eigenvalue weighted by Crippen LogP contribution is 2.46. The fraction of sp³-hybridized carbons (Fsp3) is 0. The number of rotatable bonds is 12. The predicted molar refractivity (Wildman–Crippen MR) is 529 cm³/mol. The standard InChI is InChI=1S/2C39H24N4O.C37H22N6O/c1-3-11-25(12-4-1)31-21-27(22-32(42-31)26-13-5-2-6-14-26)33-23-41-37(24-40-33)43-34-17-9-7-16-30(34)38-35(43)20-19-29-28-15-8-10-18-36(28)44-39(29)38;1-3-11-25(12-4-1)32-21-27(22-33(42-32)26-13-5-2-6-14-26)28-23-40-39(41-24-28)43-34-17-9-7-15-29(34)30-19-20-36-37(38(30)43)31-16-8-10-18-35(31)44-36;1-3-11-23(12-4-1)34-40-35(24-13-5-2-6-14-24)42-36(41-34)25-21-38-37(39-22-25)43-28-17-9-7-15-26(28)32-29(43)19-20-31-33(32)27-16-8-10-18-30(27)44-31/h2*1-24H;1-22H. The van der Waals surface area contributed by atoms with Crippen LogP contribution in [0.2, 0.25) is 0 Å². The number of hydrogen-bond donors (Lipinski definition) is 0. The number of para-hydroxylation sites is 6. The molecule has 12 heterocycles. The summed E-state index contributed by atoms with van der Waals surface area (Å²) in [5.41, 5.74) is 25.5. The molecule has 132 heavy (non-hydrogen) atoms. The number of fused-ring (bicyclic) bond motifs is 21. The Balaban J connectivity index is 0.000000106. The first-order valence-electron chi connectivity index (χ1n) is 43.6. The molecule has 618 valence electrons. The van der Waals surface area contributed by atoms with Crippen molar-refractivity contribution in [3.05, 3.63) is 425 Å². The van der Waals surface area contributed by atoms with E-state index in [0.717, 1.165) is 216 Å². The van der Waals surface area contributed by atoms with Gasteiger partial charge in [0.25, 0.3) is 0 Å². The van der Waals surface area contributed by atoms with Crippen LogP contribution in [-0.4, -0.2) is 68.5 Å². The topological polar surface area (TPSA) is 196 Å². The van der Waals surface area contributed by atoms with Gasteiger partial charge in [-0.3, -0.25) is 18.7 Å². The zero-order chi connectivity index (χ0) is 87.1. The highest BCUT2D eigenvalue weighted by Gasteiger charge is 2.26. The van der Waals surface area contributed by atoms with Gasteiger partial charge in [0.2, 0.25) is 11.9 Å². The first-order chi connectivity index (χ1) is 65.4. The predicted octanol–water partition coefficient (Wildman–Crippen LogP) is 28.4. The lowest BCUT2D eigenvalue weighted by Crippen LogP contribution is -2.03. The molecule has 0 spiro atoms. The maximum absolute atomic E-state index is 6.44. The van der Waals surface area contributed by atoms with E-state index in [1.165, 1.54) is 0 Å². The van der Waals surface area contributed by atoms with E-state index in [-0.39, 0.29) is 0 Å². The molecule has 0 radical (unpaired) electrons. The van der Waals surface area contributed by atoms with Crippen LogP contribution in [0.25, 0.3) is 251 Å². The van der Waals surface area contributed by atoms with Crippen LogP contribution < -0.4 is 0 Å². The normalized spacial score (nSPS) is 11.6. The monoisotopic (exact) mass is 1690 g/mol. The molecule has 15 aromatic carbocycles. The van der Waals surface area contributed by atoms with E-state index >= 15 is 0 Å². The highest BCUT2D eigenvalue weighted by atomic mass is 16.3. The summed E-state index contributed by atoms with van der Waals surface area (Å²) in [5.74, 6) is 3.62. The third-order valence-corrected chi connectivity index (χ3v) is 24.6. The van der Waals surface area contributed by atoms with E-state index in [0.29, 0.717) is 34.9 Å². The molecule has 0 bridgehead atoms. The van der Waals surface area contributed by atoms with Crippen molar-refractivity contribution < 1.29 is 13.3 Å². The maximum atomic E-state index is 6.44. The van der Waals surface area contributed by atoms with Gasteiger partial charge in [0.15, 0.2) is 23.3 Å². The smallest absolute Gasteiger partial charge is 0.234 e. The molecule has 0 aliphatic heterocycles. The number of pyridine rings is 2. The summed E-state index contributed by atoms with van der Waals surface area (Å²) in [4.78, 5) is 54.1. The zero-order valence-electron chi connectivity index (χ0n) is 70.4. The van der Waals surface area contributed by atoms with Crippen molar-refractivity contribution in [2.45, 2.75) is 0 Å². The molecular formula is C115H70N14O3. The molecular weight excluding hydrogens is 1630 g/mol. The van der Waals surface area contributed by atoms with Crippen LogP contribution in [0.4, 0.5) is 0 Å². The molecule has 0 atom stereocenters. The molecule has 0 unspecified atom stereocenters. The molecule has 0 aliphatic rings. The molecule has 27 aromatic rings. The van der Waals surface area contributed by atoms with Gasteiger partial charge in [0.05, 0.1) is 90.3 Å². The highest BCUT2D eigenvalue weighted by molar-refractivity contribution is 6.28. The van der Waals surface area contributed by atoms with Gasteiger partial charge < -0.3 is 13.3 Å². The minimum absolute atomic E-state index is 0.512. The Hall–Kier alpha value is -18.4. The van der Waals surface area contributed by atoms with Gasteiger partial charge in [-0.25, -0.2) is 49.8 Å². The second kappa shape index (κ2) is 31.9. The fourth-order valence-electron chi connectivity index (χ4n) is 18.5. The molecule has 0 amide bonds. The molecule has 17 heteroatoms. The van der Waals surface area contributed by atoms with Gasteiger partial charge in [-0.05, 0) is 103 Å². The van der Waals surface area contributed by atoms with Crippen molar-refractivity contribution in [3.8, 4) is 119 Å².